The maximum atomic E-state index is 12.7. The zero-order chi connectivity index (χ0) is 21.9. The Hall–Kier alpha value is -3.22. The van der Waals surface area contributed by atoms with Crippen LogP contribution in [0.3, 0.4) is 0 Å². The number of benzene rings is 2. The van der Waals surface area contributed by atoms with Gasteiger partial charge in [-0.1, -0.05) is 26.8 Å². The number of rotatable bonds is 6. The van der Waals surface area contributed by atoms with Crippen LogP contribution in [0.25, 0.3) is 0 Å². The third kappa shape index (κ3) is 4.67. The number of carbonyl (C=O) groups is 2. The van der Waals surface area contributed by atoms with E-state index in [1.165, 1.54) is 4.90 Å². The first kappa shape index (κ1) is 21.5. The highest BCUT2D eigenvalue weighted by molar-refractivity contribution is 6.02. The summed E-state index contributed by atoms with van der Waals surface area (Å²) in [6, 6.07) is 11.2. The van der Waals surface area contributed by atoms with Crippen molar-refractivity contribution < 1.29 is 23.8 Å². The Morgan fingerprint density at radius 2 is 1.90 bits per heavy atom. The van der Waals surface area contributed by atoms with Crippen molar-refractivity contribution in [2.75, 3.05) is 32.3 Å². The predicted octanol–water partition coefficient (Wildman–Crippen LogP) is 3.04. The molecule has 1 aliphatic heterocycles. The second-order valence-corrected chi connectivity index (χ2v) is 8.16. The van der Waals surface area contributed by atoms with Crippen molar-refractivity contribution in [2.45, 2.75) is 32.7 Å². The Kier molecular flexibility index (Phi) is 6.20. The molecule has 0 aromatic heterocycles. The van der Waals surface area contributed by atoms with Crippen LogP contribution in [-0.4, -0.2) is 39.2 Å². The van der Waals surface area contributed by atoms with Gasteiger partial charge in [-0.2, -0.15) is 0 Å². The third-order valence-corrected chi connectivity index (χ3v) is 5.03. The minimum atomic E-state index is -0.276. The first-order chi connectivity index (χ1) is 14.2. The summed E-state index contributed by atoms with van der Waals surface area (Å²) in [5.41, 5.74) is 2.37. The van der Waals surface area contributed by atoms with Crippen LogP contribution in [0, 0.1) is 0 Å². The van der Waals surface area contributed by atoms with Gasteiger partial charge >= 0.3 is 0 Å². The topological polar surface area (TPSA) is 77.1 Å². The van der Waals surface area contributed by atoms with E-state index in [1.807, 2.05) is 24.3 Å². The van der Waals surface area contributed by atoms with Gasteiger partial charge in [-0.3, -0.25) is 14.5 Å². The van der Waals surface area contributed by atoms with Crippen molar-refractivity contribution in [1.82, 2.24) is 5.32 Å². The van der Waals surface area contributed by atoms with Crippen molar-refractivity contribution in [3.05, 3.63) is 47.5 Å². The van der Waals surface area contributed by atoms with Crippen LogP contribution in [0.1, 0.15) is 31.9 Å². The summed E-state index contributed by atoms with van der Waals surface area (Å²) < 4.78 is 16.1. The average molecular weight is 412 g/mol. The predicted molar refractivity (Wildman–Crippen MR) is 114 cm³/mol. The quantitative estimate of drug-likeness (QED) is 0.789. The molecule has 2 aromatic rings. The molecule has 0 radical (unpaired) electrons. The number of anilines is 1. The van der Waals surface area contributed by atoms with Crippen LogP contribution in [0.15, 0.2) is 36.4 Å². The fraction of sp³-hybridized carbons (Fsp3) is 0.391. The molecule has 0 saturated heterocycles. The van der Waals surface area contributed by atoms with Gasteiger partial charge in [0.2, 0.25) is 5.91 Å². The number of hydrogen-bond acceptors (Lipinski definition) is 5. The maximum absolute atomic E-state index is 12.7. The van der Waals surface area contributed by atoms with Crippen molar-refractivity contribution in [3.8, 4) is 17.2 Å². The molecule has 0 fully saturated rings. The summed E-state index contributed by atoms with van der Waals surface area (Å²) in [4.78, 5) is 26.6. The van der Waals surface area contributed by atoms with Crippen LogP contribution < -0.4 is 24.4 Å². The first-order valence-corrected chi connectivity index (χ1v) is 9.78. The molecular formula is C23H28N2O5. The fourth-order valence-electron chi connectivity index (χ4n) is 3.26. The number of hydrogen-bond donors (Lipinski definition) is 1. The number of carbonyl (C=O) groups excluding carboxylic acids is 2. The Morgan fingerprint density at radius 3 is 2.57 bits per heavy atom. The molecule has 2 amide bonds. The molecule has 1 aliphatic rings. The number of amides is 2. The lowest BCUT2D eigenvalue weighted by atomic mass is 9.86. The van der Waals surface area contributed by atoms with Gasteiger partial charge in [0.05, 0.1) is 19.9 Å². The molecule has 0 saturated carbocycles. The Morgan fingerprint density at radius 1 is 1.13 bits per heavy atom. The van der Waals surface area contributed by atoms with E-state index in [4.69, 9.17) is 14.2 Å². The van der Waals surface area contributed by atoms with Crippen molar-refractivity contribution in [1.29, 1.82) is 0 Å². The molecule has 0 atom stereocenters. The second kappa shape index (κ2) is 8.65. The van der Waals surface area contributed by atoms with Crippen molar-refractivity contribution >= 4 is 17.5 Å². The monoisotopic (exact) mass is 412 g/mol. The molecule has 2 aromatic carbocycles. The van der Waals surface area contributed by atoms with Gasteiger partial charge < -0.3 is 19.5 Å². The lowest BCUT2D eigenvalue weighted by molar-refractivity contribution is -0.125. The van der Waals surface area contributed by atoms with Gasteiger partial charge in [-0.25, -0.2) is 0 Å². The van der Waals surface area contributed by atoms with E-state index >= 15 is 0 Å². The van der Waals surface area contributed by atoms with E-state index in [2.05, 4.69) is 26.1 Å². The van der Waals surface area contributed by atoms with Gasteiger partial charge in [-0.05, 0) is 41.3 Å². The number of methoxy groups -OCH3 is 2. The van der Waals surface area contributed by atoms with Crippen LogP contribution in [0.4, 0.5) is 5.69 Å². The summed E-state index contributed by atoms with van der Waals surface area (Å²) >= 11 is 0. The summed E-state index contributed by atoms with van der Waals surface area (Å²) in [5, 5.41) is 2.86. The number of nitrogens with one attached hydrogen (secondary N) is 1. The van der Waals surface area contributed by atoms with E-state index in [1.54, 1.807) is 26.4 Å². The minimum Gasteiger partial charge on any atom is -0.497 e. The number of nitrogens with zero attached hydrogens (tertiary/aromatic N) is 1. The van der Waals surface area contributed by atoms with E-state index in [0.29, 0.717) is 22.9 Å². The van der Waals surface area contributed by atoms with Gasteiger partial charge in [0, 0.05) is 12.1 Å². The van der Waals surface area contributed by atoms with Crippen molar-refractivity contribution in [3.63, 3.8) is 0 Å². The maximum Gasteiger partial charge on any atom is 0.265 e. The normalized spacial score (nSPS) is 13.4. The Bertz CT molecular complexity index is 949. The van der Waals surface area contributed by atoms with E-state index in [0.717, 1.165) is 11.1 Å². The average Bonchev–Trinajstić information content (AvgIpc) is 2.73. The molecule has 160 valence electrons. The standard InChI is InChI=1S/C23H28N2O5/c1-23(2,3)16-6-8-20-18(11-16)25(22(27)14-30-20)13-21(26)24-12-15-10-17(28-4)7-9-19(15)29-5/h6-11H,12-14H2,1-5H3,(H,24,26). The molecule has 0 spiro atoms. The van der Waals surface area contributed by atoms with Crippen LogP contribution in [0.2, 0.25) is 0 Å². The van der Waals surface area contributed by atoms with Crippen LogP contribution in [0.5, 0.6) is 17.2 Å². The third-order valence-electron chi connectivity index (χ3n) is 5.03. The molecule has 30 heavy (non-hydrogen) atoms. The van der Waals surface area contributed by atoms with E-state index in [-0.39, 0.29) is 36.9 Å². The van der Waals surface area contributed by atoms with Crippen LogP contribution >= 0.6 is 0 Å². The molecule has 1 heterocycles. The lowest BCUT2D eigenvalue weighted by Gasteiger charge is -2.31. The van der Waals surface area contributed by atoms with Gasteiger partial charge in [0.25, 0.3) is 5.91 Å². The second-order valence-electron chi connectivity index (χ2n) is 8.16. The molecular weight excluding hydrogens is 384 g/mol. The highest BCUT2D eigenvalue weighted by Gasteiger charge is 2.29. The van der Waals surface area contributed by atoms with E-state index < -0.39 is 0 Å². The summed E-state index contributed by atoms with van der Waals surface area (Å²) in [6.45, 7) is 6.37. The Balaban J connectivity index is 1.75. The molecule has 1 N–H and O–H groups in total. The summed E-state index contributed by atoms with van der Waals surface area (Å²) in [5.74, 6) is 1.40. The lowest BCUT2D eigenvalue weighted by Crippen LogP contribution is -2.45. The smallest absolute Gasteiger partial charge is 0.265 e. The first-order valence-electron chi connectivity index (χ1n) is 9.78. The van der Waals surface area contributed by atoms with Gasteiger partial charge in [-0.15, -0.1) is 0 Å². The highest BCUT2D eigenvalue weighted by atomic mass is 16.5. The van der Waals surface area contributed by atoms with Crippen molar-refractivity contribution in [2.24, 2.45) is 0 Å². The fourth-order valence-corrected chi connectivity index (χ4v) is 3.26. The molecule has 0 bridgehead atoms. The van der Waals surface area contributed by atoms with Gasteiger partial charge in [0.1, 0.15) is 23.8 Å². The molecule has 7 nitrogen and oxygen atoms in total. The van der Waals surface area contributed by atoms with Crippen LogP contribution in [-0.2, 0) is 21.5 Å². The number of ether oxygens (including phenoxy) is 3. The zero-order valence-electron chi connectivity index (χ0n) is 18.1. The molecule has 0 aliphatic carbocycles. The highest BCUT2D eigenvalue weighted by Crippen LogP contribution is 2.36. The Labute approximate surface area is 176 Å². The molecule has 3 rings (SSSR count). The largest absolute Gasteiger partial charge is 0.497 e. The molecule has 7 heteroatoms. The molecule has 0 unspecified atom stereocenters. The summed E-state index contributed by atoms with van der Waals surface area (Å²) in [7, 11) is 3.15. The number of fused-ring (bicyclic) bond motifs is 1. The SMILES string of the molecule is COc1ccc(OC)c(CNC(=O)CN2C(=O)COc3ccc(C(C)(C)C)cc32)c1. The van der Waals surface area contributed by atoms with Gasteiger partial charge in [0.15, 0.2) is 6.61 Å². The van der Waals surface area contributed by atoms with E-state index in [9.17, 15) is 9.59 Å². The minimum absolute atomic E-state index is 0.0845. The zero-order valence-corrected chi connectivity index (χ0v) is 18.1. The summed E-state index contributed by atoms with van der Waals surface area (Å²) in [6.07, 6.45) is 0.